The molecule has 0 saturated heterocycles. The number of nitrogens with zero attached hydrogens (tertiary/aromatic N) is 2. The highest BCUT2D eigenvalue weighted by Crippen LogP contribution is 2.40. The van der Waals surface area contributed by atoms with Crippen LogP contribution in [0.4, 0.5) is 0 Å². The van der Waals surface area contributed by atoms with E-state index in [4.69, 9.17) is 4.74 Å². The molecule has 2 unspecified atom stereocenters. The van der Waals surface area contributed by atoms with Gasteiger partial charge in [0.05, 0.1) is 7.11 Å². The van der Waals surface area contributed by atoms with E-state index in [2.05, 4.69) is 78.9 Å². The average Bonchev–Trinajstić information content (AvgIpc) is 2.99. The molecule has 1 aliphatic rings. The molecule has 1 aromatic heterocycles. The summed E-state index contributed by atoms with van der Waals surface area (Å²) in [4.78, 5) is 2.50. The lowest BCUT2D eigenvalue weighted by Crippen LogP contribution is -2.38. The van der Waals surface area contributed by atoms with Gasteiger partial charge in [-0.2, -0.15) is 0 Å². The molecule has 0 amide bonds. The van der Waals surface area contributed by atoms with E-state index in [-0.39, 0.29) is 0 Å². The second kappa shape index (κ2) is 7.40. The molecule has 0 N–H and O–H groups in total. The number of ether oxygens (including phenoxy) is 1. The molecule has 0 bridgehead atoms. The van der Waals surface area contributed by atoms with Crippen molar-refractivity contribution in [2.75, 3.05) is 14.2 Å². The van der Waals surface area contributed by atoms with Crippen LogP contribution >= 0.6 is 0 Å². The van der Waals surface area contributed by atoms with Crippen LogP contribution in [0.2, 0.25) is 0 Å². The highest BCUT2D eigenvalue weighted by atomic mass is 16.5. The van der Waals surface area contributed by atoms with E-state index in [1.165, 1.54) is 27.7 Å². The van der Waals surface area contributed by atoms with Gasteiger partial charge < -0.3 is 9.30 Å². The first-order valence-electron chi connectivity index (χ1n) is 10.0. The molecule has 2 atom stereocenters. The number of hydrogen-bond donors (Lipinski definition) is 0. The first kappa shape index (κ1) is 18.1. The van der Waals surface area contributed by atoms with Gasteiger partial charge in [0.2, 0.25) is 0 Å². The molecule has 3 nitrogen and oxygen atoms in total. The number of hydrogen-bond acceptors (Lipinski definition) is 2. The van der Waals surface area contributed by atoms with Crippen LogP contribution in [-0.4, -0.2) is 29.7 Å². The number of rotatable bonds is 5. The van der Waals surface area contributed by atoms with Crippen molar-refractivity contribution in [2.45, 2.75) is 51.7 Å². The lowest BCUT2D eigenvalue weighted by Gasteiger charge is -2.37. The number of aryl methyl sites for hydroxylation is 2. The molecule has 2 heterocycles. The summed E-state index contributed by atoms with van der Waals surface area (Å²) in [5.41, 5.74) is 5.78. The van der Waals surface area contributed by atoms with Gasteiger partial charge in [-0.3, -0.25) is 4.90 Å². The van der Waals surface area contributed by atoms with Crippen LogP contribution in [0.25, 0.3) is 10.9 Å². The maximum atomic E-state index is 5.52. The number of benzene rings is 2. The van der Waals surface area contributed by atoms with Gasteiger partial charge in [0.1, 0.15) is 5.75 Å². The lowest BCUT2D eigenvalue weighted by molar-refractivity contribution is 0.177. The highest BCUT2D eigenvalue weighted by molar-refractivity contribution is 5.87. The van der Waals surface area contributed by atoms with Gasteiger partial charge in [-0.25, -0.2) is 0 Å². The SMILES string of the molecule is COc1ccc2c(c1)c1c(n2CCCc2ccccc2)CC(C)N(C)C1C. The monoisotopic (exact) mass is 362 g/mol. The van der Waals surface area contributed by atoms with Crippen molar-refractivity contribution in [1.29, 1.82) is 0 Å². The van der Waals surface area contributed by atoms with Crippen molar-refractivity contribution < 1.29 is 4.74 Å². The van der Waals surface area contributed by atoms with Gasteiger partial charge in [-0.1, -0.05) is 30.3 Å². The minimum absolute atomic E-state index is 0.425. The zero-order valence-electron chi connectivity index (χ0n) is 16.9. The third-order valence-electron chi connectivity index (χ3n) is 6.32. The first-order chi connectivity index (χ1) is 13.1. The second-order valence-corrected chi connectivity index (χ2v) is 7.88. The van der Waals surface area contributed by atoms with Crippen molar-refractivity contribution in [3.05, 3.63) is 65.4 Å². The largest absolute Gasteiger partial charge is 0.497 e. The highest BCUT2D eigenvalue weighted by Gasteiger charge is 2.31. The van der Waals surface area contributed by atoms with Crippen molar-refractivity contribution >= 4 is 10.9 Å². The third-order valence-corrected chi connectivity index (χ3v) is 6.32. The van der Waals surface area contributed by atoms with Crippen molar-refractivity contribution in [3.8, 4) is 5.75 Å². The van der Waals surface area contributed by atoms with Crippen LogP contribution < -0.4 is 4.74 Å². The topological polar surface area (TPSA) is 17.4 Å². The molecule has 4 rings (SSSR count). The summed E-state index contributed by atoms with van der Waals surface area (Å²) in [6.07, 6.45) is 3.39. The van der Waals surface area contributed by atoms with Gasteiger partial charge >= 0.3 is 0 Å². The van der Waals surface area contributed by atoms with Crippen LogP contribution in [0, 0.1) is 0 Å². The maximum Gasteiger partial charge on any atom is 0.119 e. The molecule has 0 aliphatic carbocycles. The molecule has 2 aromatic carbocycles. The Hall–Kier alpha value is -2.26. The molecular weight excluding hydrogens is 332 g/mol. The van der Waals surface area contributed by atoms with E-state index in [0.29, 0.717) is 12.1 Å². The van der Waals surface area contributed by atoms with Crippen LogP contribution in [0.15, 0.2) is 48.5 Å². The molecule has 0 spiro atoms. The molecule has 142 valence electrons. The third kappa shape index (κ3) is 3.25. The zero-order valence-corrected chi connectivity index (χ0v) is 16.9. The molecule has 0 fully saturated rings. The predicted octanol–water partition coefficient (Wildman–Crippen LogP) is 5.22. The summed E-state index contributed by atoms with van der Waals surface area (Å²) in [6.45, 7) is 5.74. The summed E-state index contributed by atoms with van der Waals surface area (Å²) < 4.78 is 8.10. The van der Waals surface area contributed by atoms with Crippen LogP contribution in [0.1, 0.15) is 43.1 Å². The minimum atomic E-state index is 0.425. The Kier molecular flexibility index (Phi) is 4.96. The number of methoxy groups -OCH3 is 1. The Bertz CT molecular complexity index is 928. The Labute approximate surface area is 162 Å². The Morgan fingerprint density at radius 3 is 2.59 bits per heavy atom. The molecule has 27 heavy (non-hydrogen) atoms. The summed E-state index contributed by atoms with van der Waals surface area (Å²) in [7, 11) is 4.00. The minimum Gasteiger partial charge on any atom is -0.497 e. The van der Waals surface area contributed by atoms with Crippen molar-refractivity contribution in [2.24, 2.45) is 0 Å². The molecule has 1 aliphatic heterocycles. The standard InChI is InChI=1S/C24H30N2O/c1-17-15-23-24(18(2)25(17)3)21-16-20(27-4)12-13-22(21)26(23)14-8-11-19-9-6-5-7-10-19/h5-7,9-10,12-13,16-18H,8,11,14-15H2,1-4H3. The van der Waals surface area contributed by atoms with Gasteiger partial charge in [0.15, 0.2) is 0 Å². The maximum absolute atomic E-state index is 5.52. The van der Waals surface area contributed by atoms with E-state index >= 15 is 0 Å². The van der Waals surface area contributed by atoms with Crippen molar-refractivity contribution in [1.82, 2.24) is 9.47 Å². The van der Waals surface area contributed by atoms with Crippen LogP contribution in [0.5, 0.6) is 5.75 Å². The molecule has 3 heteroatoms. The van der Waals surface area contributed by atoms with Gasteiger partial charge in [0, 0.05) is 41.6 Å². The number of fused-ring (bicyclic) bond motifs is 3. The molecule has 3 aromatic rings. The predicted molar refractivity (Wildman–Crippen MR) is 113 cm³/mol. The zero-order chi connectivity index (χ0) is 19.0. The van der Waals surface area contributed by atoms with Gasteiger partial charge in [-0.05, 0) is 63.1 Å². The Morgan fingerprint density at radius 2 is 1.85 bits per heavy atom. The van der Waals surface area contributed by atoms with Crippen LogP contribution in [-0.2, 0) is 19.4 Å². The quantitative estimate of drug-likeness (QED) is 0.619. The molecule has 0 saturated carbocycles. The Morgan fingerprint density at radius 1 is 1.07 bits per heavy atom. The summed E-state index contributed by atoms with van der Waals surface area (Å²) in [5, 5.41) is 1.36. The molecular formula is C24H30N2O. The van der Waals surface area contributed by atoms with E-state index in [1.807, 2.05) is 0 Å². The smallest absolute Gasteiger partial charge is 0.119 e. The van der Waals surface area contributed by atoms with Crippen molar-refractivity contribution in [3.63, 3.8) is 0 Å². The number of aromatic nitrogens is 1. The first-order valence-corrected chi connectivity index (χ1v) is 10.0. The van der Waals surface area contributed by atoms with E-state index < -0.39 is 0 Å². The fourth-order valence-electron chi connectivity index (χ4n) is 4.58. The Balaban J connectivity index is 1.72. The van der Waals surface area contributed by atoms with Gasteiger partial charge in [0.25, 0.3) is 0 Å². The molecule has 0 radical (unpaired) electrons. The van der Waals surface area contributed by atoms with E-state index in [9.17, 15) is 0 Å². The lowest BCUT2D eigenvalue weighted by atomic mass is 9.93. The summed E-state index contributed by atoms with van der Waals surface area (Å²) >= 11 is 0. The van der Waals surface area contributed by atoms with E-state index in [1.54, 1.807) is 7.11 Å². The number of likely N-dealkylation sites (N-methyl/N-ethyl adjacent to an activating group) is 1. The van der Waals surface area contributed by atoms with Crippen LogP contribution in [0.3, 0.4) is 0 Å². The average molecular weight is 363 g/mol. The second-order valence-electron chi connectivity index (χ2n) is 7.88. The van der Waals surface area contributed by atoms with Gasteiger partial charge in [-0.15, -0.1) is 0 Å². The van der Waals surface area contributed by atoms with E-state index in [0.717, 1.165) is 31.6 Å². The fraction of sp³-hybridized carbons (Fsp3) is 0.417. The normalized spacial score (nSPS) is 20.0. The fourth-order valence-corrected chi connectivity index (χ4v) is 4.58. The summed E-state index contributed by atoms with van der Waals surface area (Å²) in [5.74, 6) is 0.945. The summed E-state index contributed by atoms with van der Waals surface area (Å²) in [6, 6.07) is 18.4.